The summed E-state index contributed by atoms with van der Waals surface area (Å²) < 4.78 is 4.82. The standard InChI is InChI=1S/C15H23NO4S/c1-10(2)5-7-16(8-6-13(17)18)14-12(15(19)20-4)9-11(3)21-14/h9-10H,5-8H2,1-4H3,(H,17,18). The van der Waals surface area contributed by atoms with Gasteiger partial charge in [0.1, 0.15) is 5.00 Å². The second-order valence-electron chi connectivity index (χ2n) is 5.38. The summed E-state index contributed by atoms with van der Waals surface area (Å²) in [5, 5.41) is 9.71. The molecule has 5 nitrogen and oxygen atoms in total. The van der Waals surface area contributed by atoms with Crippen LogP contribution in [0.5, 0.6) is 0 Å². The van der Waals surface area contributed by atoms with Crippen molar-refractivity contribution >= 4 is 28.3 Å². The zero-order chi connectivity index (χ0) is 16.0. The summed E-state index contributed by atoms with van der Waals surface area (Å²) in [4.78, 5) is 25.7. The number of aliphatic carboxylic acids is 1. The van der Waals surface area contributed by atoms with Gasteiger partial charge >= 0.3 is 11.9 Å². The van der Waals surface area contributed by atoms with Gasteiger partial charge in [-0.15, -0.1) is 11.3 Å². The second-order valence-corrected chi connectivity index (χ2v) is 6.62. The third-order valence-electron chi connectivity index (χ3n) is 3.10. The first kappa shape index (κ1) is 17.5. The Balaban J connectivity index is 3.00. The van der Waals surface area contributed by atoms with E-state index >= 15 is 0 Å². The summed E-state index contributed by atoms with van der Waals surface area (Å²) in [5.41, 5.74) is 0.522. The van der Waals surface area contributed by atoms with Crippen LogP contribution in [0.2, 0.25) is 0 Å². The molecule has 0 aliphatic rings. The van der Waals surface area contributed by atoms with Crippen LogP contribution < -0.4 is 4.90 Å². The van der Waals surface area contributed by atoms with E-state index in [1.54, 1.807) is 6.07 Å². The summed E-state index contributed by atoms with van der Waals surface area (Å²) in [6.07, 6.45) is 0.993. The number of hydrogen-bond donors (Lipinski definition) is 1. The summed E-state index contributed by atoms with van der Waals surface area (Å²) in [6, 6.07) is 1.80. The van der Waals surface area contributed by atoms with E-state index in [2.05, 4.69) is 13.8 Å². The van der Waals surface area contributed by atoms with Crippen LogP contribution in [-0.4, -0.2) is 37.2 Å². The van der Waals surface area contributed by atoms with E-state index in [0.717, 1.165) is 22.8 Å². The Morgan fingerprint density at radius 1 is 1.38 bits per heavy atom. The van der Waals surface area contributed by atoms with Gasteiger partial charge in [0, 0.05) is 18.0 Å². The average molecular weight is 313 g/mol. The number of esters is 1. The molecule has 21 heavy (non-hydrogen) atoms. The highest BCUT2D eigenvalue weighted by Crippen LogP contribution is 2.32. The molecule has 0 fully saturated rings. The molecular weight excluding hydrogens is 290 g/mol. The smallest absolute Gasteiger partial charge is 0.340 e. The minimum Gasteiger partial charge on any atom is -0.481 e. The fourth-order valence-electron chi connectivity index (χ4n) is 1.95. The van der Waals surface area contributed by atoms with Gasteiger partial charge in [-0.25, -0.2) is 4.79 Å². The lowest BCUT2D eigenvalue weighted by Gasteiger charge is -2.24. The molecule has 0 bridgehead atoms. The molecule has 1 heterocycles. The van der Waals surface area contributed by atoms with Crippen LogP contribution in [0.15, 0.2) is 6.07 Å². The van der Waals surface area contributed by atoms with Gasteiger partial charge in [-0.05, 0) is 25.3 Å². The molecule has 0 spiro atoms. The molecule has 0 aliphatic carbocycles. The lowest BCUT2D eigenvalue weighted by Crippen LogP contribution is -2.28. The Hall–Kier alpha value is -1.56. The molecular formula is C15H23NO4S. The molecule has 0 radical (unpaired) electrons. The van der Waals surface area contributed by atoms with Crippen LogP contribution in [0, 0.1) is 12.8 Å². The van der Waals surface area contributed by atoms with Crippen LogP contribution in [0.1, 0.15) is 41.9 Å². The van der Waals surface area contributed by atoms with Gasteiger partial charge in [0.05, 0.1) is 19.1 Å². The molecule has 0 aliphatic heterocycles. The van der Waals surface area contributed by atoms with Crippen molar-refractivity contribution in [2.45, 2.75) is 33.6 Å². The van der Waals surface area contributed by atoms with Crippen molar-refractivity contribution < 1.29 is 19.4 Å². The highest BCUT2D eigenvalue weighted by molar-refractivity contribution is 7.16. The van der Waals surface area contributed by atoms with Gasteiger partial charge in [-0.2, -0.15) is 0 Å². The van der Waals surface area contributed by atoms with Crippen molar-refractivity contribution in [3.63, 3.8) is 0 Å². The first-order valence-corrected chi connectivity index (χ1v) is 7.82. The van der Waals surface area contributed by atoms with Crippen molar-refractivity contribution in [2.75, 3.05) is 25.1 Å². The number of carbonyl (C=O) groups excluding carboxylic acids is 1. The molecule has 1 rings (SSSR count). The van der Waals surface area contributed by atoms with Crippen molar-refractivity contribution in [1.82, 2.24) is 0 Å². The topological polar surface area (TPSA) is 66.8 Å². The number of thiophene rings is 1. The van der Waals surface area contributed by atoms with Crippen molar-refractivity contribution in [1.29, 1.82) is 0 Å². The molecule has 0 saturated heterocycles. The average Bonchev–Trinajstić information content (AvgIpc) is 2.79. The van der Waals surface area contributed by atoms with E-state index < -0.39 is 5.97 Å². The third-order valence-corrected chi connectivity index (χ3v) is 4.21. The van der Waals surface area contributed by atoms with Crippen LogP contribution in [0.25, 0.3) is 0 Å². The quantitative estimate of drug-likeness (QED) is 0.747. The van der Waals surface area contributed by atoms with E-state index in [0.29, 0.717) is 18.0 Å². The number of carboxylic acid groups (broad SMARTS) is 1. The van der Waals surface area contributed by atoms with Crippen LogP contribution in [0.4, 0.5) is 5.00 Å². The molecule has 0 atom stereocenters. The monoisotopic (exact) mass is 313 g/mol. The van der Waals surface area contributed by atoms with E-state index in [4.69, 9.17) is 9.84 Å². The van der Waals surface area contributed by atoms with Gasteiger partial charge in [0.2, 0.25) is 0 Å². The maximum atomic E-state index is 11.9. The molecule has 1 N–H and O–H groups in total. The van der Waals surface area contributed by atoms with Gasteiger partial charge in [-0.3, -0.25) is 4.79 Å². The second kappa shape index (κ2) is 8.02. The Morgan fingerprint density at radius 2 is 2.05 bits per heavy atom. The molecule has 1 aromatic rings. The molecule has 1 aromatic heterocycles. The summed E-state index contributed by atoms with van der Waals surface area (Å²) >= 11 is 1.50. The van der Waals surface area contributed by atoms with E-state index in [-0.39, 0.29) is 12.4 Å². The third kappa shape index (κ3) is 5.38. The summed E-state index contributed by atoms with van der Waals surface area (Å²) in [5.74, 6) is -0.698. The zero-order valence-corrected chi connectivity index (χ0v) is 13.8. The van der Waals surface area contributed by atoms with E-state index in [9.17, 15) is 9.59 Å². The number of hydrogen-bond acceptors (Lipinski definition) is 5. The summed E-state index contributed by atoms with van der Waals surface area (Å²) in [7, 11) is 1.36. The fourth-order valence-corrected chi connectivity index (χ4v) is 3.00. The SMILES string of the molecule is COC(=O)c1cc(C)sc1N(CCC(=O)O)CCC(C)C. The Kier molecular flexibility index (Phi) is 6.68. The van der Waals surface area contributed by atoms with Crippen molar-refractivity contribution in [2.24, 2.45) is 5.92 Å². The minimum atomic E-state index is -0.836. The molecule has 0 aromatic carbocycles. The van der Waals surface area contributed by atoms with Crippen molar-refractivity contribution in [3.8, 4) is 0 Å². The molecule has 0 unspecified atom stereocenters. The number of carboxylic acids is 1. The summed E-state index contributed by atoms with van der Waals surface area (Å²) in [6.45, 7) is 7.30. The van der Waals surface area contributed by atoms with Crippen LogP contribution in [-0.2, 0) is 9.53 Å². The maximum absolute atomic E-state index is 11.9. The molecule has 118 valence electrons. The van der Waals surface area contributed by atoms with Gasteiger partial charge in [-0.1, -0.05) is 13.8 Å². The predicted molar refractivity (Wildman–Crippen MR) is 84.3 cm³/mol. The molecule has 0 amide bonds. The molecule has 6 heteroatoms. The Morgan fingerprint density at radius 3 is 2.57 bits per heavy atom. The predicted octanol–water partition coefficient (Wildman–Crippen LogP) is 3.17. The Labute approximate surface area is 129 Å². The van der Waals surface area contributed by atoms with Gasteiger partial charge in [0.25, 0.3) is 0 Å². The van der Waals surface area contributed by atoms with E-state index in [1.165, 1.54) is 18.4 Å². The highest BCUT2D eigenvalue weighted by Gasteiger charge is 2.21. The number of nitrogens with zero attached hydrogens (tertiary/aromatic N) is 1. The molecule has 0 saturated carbocycles. The lowest BCUT2D eigenvalue weighted by atomic mass is 10.1. The first-order valence-electron chi connectivity index (χ1n) is 7.00. The zero-order valence-electron chi connectivity index (χ0n) is 13.0. The normalized spacial score (nSPS) is 10.7. The largest absolute Gasteiger partial charge is 0.481 e. The van der Waals surface area contributed by atoms with Crippen molar-refractivity contribution in [3.05, 3.63) is 16.5 Å². The number of methoxy groups -OCH3 is 1. The van der Waals surface area contributed by atoms with Crippen LogP contribution in [0.3, 0.4) is 0 Å². The Bertz CT molecular complexity index is 496. The highest BCUT2D eigenvalue weighted by atomic mass is 32.1. The lowest BCUT2D eigenvalue weighted by molar-refractivity contribution is -0.136. The maximum Gasteiger partial charge on any atom is 0.340 e. The van der Waals surface area contributed by atoms with Crippen LogP contribution >= 0.6 is 11.3 Å². The number of aryl methyl sites for hydroxylation is 1. The van der Waals surface area contributed by atoms with E-state index in [1.807, 2.05) is 11.8 Å². The number of rotatable bonds is 8. The van der Waals surface area contributed by atoms with Gasteiger partial charge < -0.3 is 14.7 Å². The van der Waals surface area contributed by atoms with Gasteiger partial charge in [0.15, 0.2) is 0 Å². The first-order chi connectivity index (χ1) is 9.85. The number of ether oxygens (including phenoxy) is 1. The number of anilines is 1. The minimum absolute atomic E-state index is 0.0512. The number of carbonyl (C=O) groups is 2. The fraction of sp³-hybridized carbons (Fsp3) is 0.600.